The van der Waals surface area contributed by atoms with Gasteiger partial charge in [0.1, 0.15) is 0 Å². The lowest BCUT2D eigenvalue weighted by Crippen LogP contribution is -2.36. The smallest absolute Gasteiger partial charge is 0.380 e. The zero-order chi connectivity index (χ0) is 27.0. The van der Waals surface area contributed by atoms with Gasteiger partial charge in [-0.1, -0.05) is 24.3 Å². The molecule has 196 valence electrons. The Morgan fingerprint density at radius 2 is 1.57 bits per heavy atom. The maximum Gasteiger partial charge on any atom is 0.417 e. The third kappa shape index (κ3) is 5.78. The summed E-state index contributed by atoms with van der Waals surface area (Å²) < 4.78 is 95.8. The molecule has 2 N–H and O–H groups in total. The van der Waals surface area contributed by atoms with Gasteiger partial charge < -0.3 is 4.84 Å². The van der Waals surface area contributed by atoms with E-state index in [-0.39, 0.29) is 17.7 Å². The highest BCUT2D eigenvalue weighted by atomic mass is 32.2. The van der Waals surface area contributed by atoms with Crippen molar-refractivity contribution in [3.8, 4) is 5.75 Å². The summed E-state index contributed by atoms with van der Waals surface area (Å²) in [4.78, 5) is 14.2. The lowest BCUT2D eigenvalue weighted by atomic mass is 10.1. The molecule has 1 atom stereocenters. The van der Waals surface area contributed by atoms with E-state index in [1.54, 1.807) is 24.3 Å². The number of hydroxylamine groups is 1. The molecule has 4 rings (SSSR count). The summed E-state index contributed by atoms with van der Waals surface area (Å²) in [6.45, 7) is 1.26. The first kappa shape index (κ1) is 26.6. The van der Waals surface area contributed by atoms with Crippen LogP contribution < -0.4 is 15.0 Å². The van der Waals surface area contributed by atoms with Gasteiger partial charge in [-0.25, -0.2) is 21.6 Å². The Bertz CT molecular complexity index is 1560. The van der Waals surface area contributed by atoms with E-state index >= 15 is 0 Å². The quantitative estimate of drug-likeness (QED) is 0.432. The molecule has 8 nitrogen and oxygen atoms in total. The van der Waals surface area contributed by atoms with E-state index in [9.17, 15) is 34.8 Å². The predicted octanol–water partition coefficient (Wildman–Crippen LogP) is 3.41. The topological polar surface area (TPSA) is 119 Å². The highest BCUT2D eigenvalue weighted by Gasteiger charge is 2.39. The van der Waals surface area contributed by atoms with Crippen molar-refractivity contribution in [2.75, 3.05) is 0 Å². The van der Waals surface area contributed by atoms with Crippen molar-refractivity contribution < 1.29 is 39.6 Å². The SMILES string of the molecule is CC(=O)NOc1ccc2c(c1)CC(NS(=O)(=O)c1cc(S(=O)(=O)c3ccccc3)ccc1C(F)(F)F)C2. The highest BCUT2D eigenvalue weighted by molar-refractivity contribution is 7.91. The summed E-state index contributed by atoms with van der Waals surface area (Å²) in [7, 11) is -9.07. The Kier molecular flexibility index (Phi) is 7.06. The van der Waals surface area contributed by atoms with Gasteiger partial charge in [-0.05, 0) is 66.4 Å². The lowest BCUT2D eigenvalue weighted by Gasteiger charge is -2.18. The number of sulfonamides is 1. The average Bonchev–Trinajstić information content (AvgIpc) is 3.23. The zero-order valence-electron chi connectivity index (χ0n) is 19.2. The molecule has 0 aliphatic heterocycles. The molecule has 0 aromatic heterocycles. The maximum absolute atomic E-state index is 13.7. The summed E-state index contributed by atoms with van der Waals surface area (Å²) in [6, 6.07) is 12.8. The number of carbonyl (C=O) groups excluding carboxylic acids is 1. The van der Waals surface area contributed by atoms with Crippen LogP contribution in [0, 0.1) is 0 Å². The van der Waals surface area contributed by atoms with Crippen LogP contribution in [0.3, 0.4) is 0 Å². The van der Waals surface area contributed by atoms with Crippen molar-refractivity contribution in [3.63, 3.8) is 0 Å². The Hall–Kier alpha value is -3.42. The number of nitrogens with one attached hydrogen (secondary N) is 2. The third-order valence-corrected chi connectivity index (χ3v) is 8.98. The van der Waals surface area contributed by atoms with Crippen LogP contribution >= 0.6 is 0 Å². The van der Waals surface area contributed by atoms with Gasteiger partial charge >= 0.3 is 6.18 Å². The van der Waals surface area contributed by atoms with Gasteiger partial charge in [-0.15, -0.1) is 0 Å². The summed E-state index contributed by atoms with van der Waals surface area (Å²) in [6.07, 6.45) is -4.71. The number of alkyl halides is 3. The molecule has 0 fully saturated rings. The van der Waals surface area contributed by atoms with Gasteiger partial charge in [-0.2, -0.15) is 18.7 Å². The van der Waals surface area contributed by atoms with Crippen molar-refractivity contribution in [2.45, 2.75) is 46.7 Å². The molecule has 0 heterocycles. The van der Waals surface area contributed by atoms with E-state index < -0.39 is 53.3 Å². The van der Waals surface area contributed by atoms with E-state index in [4.69, 9.17) is 4.84 Å². The Morgan fingerprint density at radius 3 is 2.22 bits per heavy atom. The Balaban J connectivity index is 1.65. The van der Waals surface area contributed by atoms with Crippen LogP contribution in [-0.4, -0.2) is 28.8 Å². The van der Waals surface area contributed by atoms with Crippen molar-refractivity contribution in [1.29, 1.82) is 0 Å². The van der Waals surface area contributed by atoms with Crippen molar-refractivity contribution in [1.82, 2.24) is 10.2 Å². The predicted molar refractivity (Wildman–Crippen MR) is 126 cm³/mol. The summed E-state index contributed by atoms with van der Waals surface area (Å²) in [5, 5.41) is 0. The van der Waals surface area contributed by atoms with Crippen LogP contribution in [0.5, 0.6) is 5.75 Å². The van der Waals surface area contributed by atoms with Crippen LogP contribution in [0.25, 0.3) is 0 Å². The first-order chi connectivity index (χ1) is 17.3. The van der Waals surface area contributed by atoms with Crippen molar-refractivity contribution in [3.05, 3.63) is 83.4 Å². The Morgan fingerprint density at radius 1 is 0.892 bits per heavy atom. The van der Waals surface area contributed by atoms with Gasteiger partial charge in [0.25, 0.3) is 0 Å². The molecule has 1 unspecified atom stereocenters. The first-order valence-electron chi connectivity index (χ1n) is 10.9. The van der Waals surface area contributed by atoms with Gasteiger partial charge in [0, 0.05) is 13.0 Å². The van der Waals surface area contributed by atoms with Gasteiger partial charge in [0.05, 0.1) is 20.2 Å². The molecule has 3 aromatic rings. The van der Waals surface area contributed by atoms with Crippen molar-refractivity contribution >= 4 is 25.8 Å². The number of hydrogen-bond acceptors (Lipinski definition) is 6. The number of fused-ring (bicyclic) bond motifs is 1. The lowest BCUT2D eigenvalue weighted by molar-refractivity contribution is -0.140. The number of rotatable bonds is 7. The number of hydrogen-bond donors (Lipinski definition) is 2. The highest BCUT2D eigenvalue weighted by Crippen LogP contribution is 2.37. The molecular weight excluding hydrogens is 533 g/mol. The second-order valence-electron chi connectivity index (χ2n) is 8.39. The minimum atomic E-state index is -5.05. The molecule has 0 spiro atoms. The van der Waals surface area contributed by atoms with Crippen LogP contribution in [0.2, 0.25) is 0 Å². The largest absolute Gasteiger partial charge is 0.417 e. The number of halogens is 3. The normalized spacial score (nSPS) is 15.7. The van der Waals surface area contributed by atoms with Crippen LogP contribution in [0.4, 0.5) is 13.2 Å². The average molecular weight is 555 g/mol. The van der Waals surface area contributed by atoms with Crippen molar-refractivity contribution in [2.24, 2.45) is 0 Å². The molecule has 1 aliphatic rings. The standard InChI is InChI=1S/C24H21F3N2O6S2/c1-15(30)28-35-19-8-7-16-11-18(12-17(16)13-19)29-37(33,34)23-14-21(9-10-22(23)24(25,26)27)36(31,32)20-5-3-2-4-6-20/h2-10,13-14,18,29H,11-12H2,1H3,(H,28,30). The van der Waals surface area contributed by atoms with E-state index in [2.05, 4.69) is 10.2 Å². The maximum atomic E-state index is 13.7. The molecule has 0 bridgehead atoms. The molecule has 1 amide bonds. The summed E-state index contributed by atoms with van der Waals surface area (Å²) >= 11 is 0. The van der Waals surface area contributed by atoms with E-state index in [0.29, 0.717) is 23.4 Å². The molecule has 13 heteroatoms. The fourth-order valence-corrected chi connectivity index (χ4v) is 6.89. The van der Waals surface area contributed by atoms with Gasteiger partial charge in [0.15, 0.2) is 5.75 Å². The van der Waals surface area contributed by atoms with E-state index in [0.717, 1.165) is 11.6 Å². The fraction of sp³-hybridized carbons (Fsp3) is 0.208. The second-order valence-corrected chi connectivity index (χ2v) is 12.0. The monoisotopic (exact) mass is 554 g/mol. The number of carbonyl (C=O) groups is 1. The van der Waals surface area contributed by atoms with E-state index in [1.165, 1.54) is 31.2 Å². The summed E-state index contributed by atoms with van der Waals surface area (Å²) in [5.41, 5.74) is 2.13. The number of benzene rings is 3. The van der Waals surface area contributed by atoms with Crippen LogP contribution in [0.15, 0.2) is 81.4 Å². The summed E-state index contributed by atoms with van der Waals surface area (Å²) in [5.74, 6) is -0.126. The van der Waals surface area contributed by atoms with Gasteiger partial charge in [0.2, 0.25) is 25.8 Å². The molecular formula is C24H21F3N2O6S2. The molecule has 1 aliphatic carbocycles. The molecule has 0 saturated carbocycles. The second kappa shape index (κ2) is 9.80. The van der Waals surface area contributed by atoms with Gasteiger partial charge in [-0.3, -0.25) is 4.79 Å². The minimum absolute atomic E-state index is 0.148. The fourth-order valence-electron chi connectivity index (χ4n) is 4.02. The van der Waals surface area contributed by atoms with Crippen LogP contribution in [-0.2, 0) is 43.7 Å². The molecule has 37 heavy (non-hydrogen) atoms. The van der Waals surface area contributed by atoms with E-state index in [1.807, 2.05) is 0 Å². The first-order valence-corrected chi connectivity index (χ1v) is 13.8. The minimum Gasteiger partial charge on any atom is -0.380 e. The Labute approximate surface area is 211 Å². The van der Waals surface area contributed by atoms with Crippen LogP contribution in [0.1, 0.15) is 23.6 Å². The number of sulfone groups is 1. The molecule has 3 aromatic carbocycles. The third-order valence-electron chi connectivity index (χ3n) is 5.66. The molecule has 0 radical (unpaired) electrons. The zero-order valence-corrected chi connectivity index (χ0v) is 20.9. The number of amides is 1. The molecule has 0 saturated heterocycles.